The summed E-state index contributed by atoms with van der Waals surface area (Å²) in [5.41, 5.74) is -0.0169. The highest BCUT2D eigenvalue weighted by molar-refractivity contribution is 6.29. The Hall–Kier alpha value is -1.88. The lowest BCUT2D eigenvalue weighted by Gasteiger charge is -2.23. The van der Waals surface area contributed by atoms with Crippen LogP contribution in [0.3, 0.4) is 0 Å². The highest BCUT2D eigenvalue weighted by Gasteiger charge is 2.19. The van der Waals surface area contributed by atoms with E-state index in [1.807, 2.05) is 13.8 Å². The molecule has 0 fully saturated rings. The maximum Gasteiger partial charge on any atom is 0.347 e. The third-order valence-corrected chi connectivity index (χ3v) is 3.13. The molecule has 0 saturated heterocycles. The normalized spacial score (nSPS) is 12.4. The molecule has 0 saturated carbocycles. The Morgan fingerprint density at radius 1 is 1.35 bits per heavy atom. The molecule has 2 N–H and O–H groups in total. The first-order valence-electron chi connectivity index (χ1n) is 6.25. The summed E-state index contributed by atoms with van der Waals surface area (Å²) in [4.78, 5) is 17.4. The fourth-order valence-electron chi connectivity index (χ4n) is 1.99. The first kappa shape index (κ1) is 14.5. The van der Waals surface area contributed by atoms with Crippen LogP contribution in [0.15, 0.2) is 35.1 Å². The SMILES string of the molecule is CC(C)C(Nc1cc(Cl)[nH]c(=O)n1)c1ccccc1F. The van der Waals surface area contributed by atoms with Gasteiger partial charge in [-0.15, -0.1) is 0 Å². The Kier molecular flexibility index (Phi) is 4.39. The number of benzene rings is 1. The number of nitrogens with one attached hydrogen (secondary N) is 2. The number of halogens is 2. The number of hydrogen-bond donors (Lipinski definition) is 2. The zero-order valence-corrected chi connectivity index (χ0v) is 11.9. The van der Waals surface area contributed by atoms with Crippen LogP contribution in [0.1, 0.15) is 25.5 Å². The van der Waals surface area contributed by atoms with Gasteiger partial charge in [-0.2, -0.15) is 4.98 Å². The molecule has 1 unspecified atom stereocenters. The van der Waals surface area contributed by atoms with Gasteiger partial charge in [0.15, 0.2) is 0 Å². The molecule has 2 rings (SSSR count). The number of aromatic nitrogens is 2. The third kappa shape index (κ3) is 3.36. The third-order valence-electron chi connectivity index (χ3n) is 2.92. The van der Waals surface area contributed by atoms with Crippen molar-refractivity contribution in [1.82, 2.24) is 9.97 Å². The molecule has 2 aromatic rings. The molecule has 0 spiro atoms. The summed E-state index contributed by atoms with van der Waals surface area (Å²) in [6, 6.07) is 7.72. The van der Waals surface area contributed by atoms with Crippen molar-refractivity contribution >= 4 is 17.4 Å². The topological polar surface area (TPSA) is 57.8 Å². The molecule has 0 radical (unpaired) electrons. The molecule has 1 atom stereocenters. The van der Waals surface area contributed by atoms with Crippen LogP contribution in [0.2, 0.25) is 5.15 Å². The number of rotatable bonds is 4. The van der Waals surface area contributed by atoms with E-state index in [9.17, 15) is 9.18 Å². The van der Waals surface area contributed by atoms with E-state index in [-0.39, 0.29) is 22.9 Å². The van der Waals surface area contributed by atoms with Gasteiger partial charge in [0.1, 0.15) is 16.8 Å². The van der Waals surface area contributed by atoms with E-state index in [0.717, 1.165) is 0 Å². The van der Waals surface area contributed by atoms with Gasteiger partial charge in [0.2, 0.25) is 0 Å². The maximum absolute atomic E-state index is 13.9. The van der Waals surface area contributed by atoms with E-state index >= 15 is 0 Å². The lowest BCUT2D eigenvalue weighted by molar-refractivity contribution is 0.509. The van der Waals surface area contributed by atoms with Crippen molar-refractivity contribution in [2.75, 3.05) is 5.32 Å². The summed E-state index contributed by atoms with van der Waals surface area (Å²) >= 11 is 5.78. The Balaban J connectivity index is 2.35. The molecule has 1 aromatic heterocycles. The molecule has 0 aliphatic carbocycles. The second kappa shape index (κ2) is 6.05. The van der Waals surface area contributed by atoms with Gasteiger partial charge >= 0.3 is 5.69 Å². The van der Waals surface area contributed by atoms with Gasteiger partial charge in [-0.25, -0.2) is 9.18 Å². The number of anilines is 1. The highest BCUT2D eigenvalue weighted by atomic mass is 35.5. The van der Waals surface area contributed by atoms with Gasteiger partial charge in [0, 0.05) is 11.6 Å². The molecule has 1 heterocycles. The largest absolute Gasteiger partial charge is 0.363 e. The molecule has 6 heteroatoms. The summed E-state index contributed by atoms with van der Waals surface area (Å²) in [6.07, 6.45) is 0. The zero-order chi connectivity index (χ0) is 14.7. The quantitative estimate of drug-likeness (QED) is 0.850. The van der Waals surface area contributed by atoms with Crippen LogP contribution in [0.5, 0.6) is 0 Å². The van der Waals surface area contributed by atoms with Crippen molar-refractivity contribution in [2.24, 2.45) is 5.92 Å². The molecule has 106 valence electrons. The molecule has 0 aliphatic heterocycles. The van der Waals surface area contributed by atoms with E-state index in [1.165, 1.54) is 12.1 Å². The van der Waals surface area contributed by atoms with Gasteiger partial charge in [0.05, 0.1) is 6.04 Å². The molecule has 1 aromatic carbocycles. The number of H-pyrrole nitrogens is 1. The summed E-state index contributed by atoms with van der Waals surface area (Å²) in [6.45, 7) is 3.91. The maximum atomic E-state index is 13.9. The van der Waals surface area contributed by atoms with Crippen molar-refractivity contribution in [2.45, 2.75) is 19.9 Å². The van der Waals surface area contributed by atoms with Crippen LogP contribution in [0.25, 0.3) is 0 Å². The van der Waals surface area contributed by atoms with E-state index in [0.29, 0.717) is 11.4 Å². The minimum absolute atomic E-state index is 0.103. The predicted molar refractivity (Wildman–Crippen MR) is 77.5 cm³/mol. The second-order valence-electron chi connectivity index (χ2n) is 4.81. The lowest BCUT2D eigenvalue weighted by Crippen LogP contribution is -2.21. The van der Waals surface area contributed by atoms with Gasteiger partial charge in [-0.3, -0.25) is 4.98 Å². The van der Waals surface area contributed by atoms with Crippen LogP contribution in [-0.2, 0) is 0 Å². The van der Waals surface area contributed by atoms with Gasteiger partial charge < -0.3 is 5.32 Å². The predicted octanol–water partition coefficient (Wildman–Crippen LogP) is 3.37. The Labute approximate surface area is 121 Å². The van der Waals surface area contributed by atoms with Crippen molar-refractivity contribution in [3.05, 3.63) is 57.3 Å². The zero-order valence-electron chi connectivity index (χ0n) is 11.2. The average Bonchev–Trinajstić information content (AvgIpc) is 2.35. The van der Waals surface area contributed by atoms with Gasteiger partial charge in [-0.05, 0) is 12.0 Å². The molecule has 4 nitrogen and oxygen atoms in total. The van der Waals surface area contributed by atoms with Crippen molar-refractivity contribution in [3.8, 4) is 0 Å². The van der Waals surface area contributed by atoms with Gasteiger partial charge in [-0.1, -0.05) is 43.6 Å². The molecule has 0 bridgehead atoms. The molecular formula is C14H15ClFN3O. The van der Waals surface area contributed by atoms with Crippen molar-refractivity contribution in [1.29, 1.82) is 0 Å². The first-order valence-corrected chi connectivity index (χ1v) is 6.63. The van der Waals surface area contributed by atoms with E-state index in [2.05, 4.69) is 15.3 Å². The monoisotopic (exact) mass is 295 g/mol. The Morgan fingerprint density at radius 2 is 2.05 bits per heavy atom. The Bertz CT molecular complexity index is 657. The van der Waals surface area contributed by atoms with Crippen LogP contribution >= 0.6 is 11.6 Å². The van der Waals surface area contributed by atoms with E-state index in [4.69, 9.17) is 11.6 Å². The van der Waals surface area contributed by atoms with E-state index < -0.39 is 5.69 Å². The minimum atomic E-state index is -0.545. The molecular weight excluding hydrogens is 281 g/mol. The molecule has 20 heavy (non-hydrogen) atoms. The fourth-order valence-corrected chi connectivity index (χ4v) is 2.18. The first-order chi connectivity index (χ1) is 9.47. The van der Waals surface area contributed by atoms with Crippen LogP contribution in [-0.4, -0.2) is 9.97 Å². The summed E-state index contributed by atoms with van der Waals surface area (Å²) in [5.74, 6) is 0.127. The summed E-state index contributed by atoms with van der Waals surface area (Å²) < 4.78 is 13.9. The van der Waals surface area contributed by atoms with Crippen molar-refractivity contribution in [3.63, 3.8) is 0 Å². The minimum Gasteiger partial charge on any atom is -0.363 e. The average molecular weight is 296 g/mol. The number of aromatic amines is 1. The highest BCUT2D eigenvalue weighted by Crippen LogP contribution is 2.27. The smallest absolute Gasteiger partial charge is 0.347 e. The summed E-state index contributed by atoms with van der Waals surface area (Å²) in [7, 11) is 0. The van der Waals surface area contributed by atoms with Crippen LogP contribution < -0.4 is 11.0 Å². The van der Waals surface area contributed by atoms with E-state index in [1.54, 1.807) is 18.2 Å². The molecule has 0 amide bonds. The van der Waals surface area contributed by atoms with Gasteiger partial charge in [0.25, 0.3) is 0 Å². The summed E-state index contributed by atoms with van der Waals surface area (Å²) in [5, 5.41) is 3.25. The molecule has 0 aliphatic rings. The van der Waals surface area contributed by atoms with Crippen LogP contribution in [0, 0.1) is 11.7 Å². The second-order valence-corrected chi connectivity index (χ2v) is 5.21. The van der Waals surface area contributed by atoms with Crippen LogP contribution in [0.4, 0.5) is 10.2 Å². The number of nitrogens with zero attached hydrogens (tertiary/aromatic N) is 1. The fraction of sp³-hybridized carbons (Fsp3) is 0.286. The Morgan fingerprint density at radius 3 is 2.65 bits per heavy atom. The lowest BCUT2D eigenvalue weighted by atomic mass is 9.95. The number of hydrogen-bond acceptors (Lipinski definition) is 3. The standard InChI is InChI=1S/C14H15ClFN3O/c1-8(2)13(9-5-3-4-6-10(9)16)18-12-7-11(15)17-14(20)19-12/h3-8,13H,1-2H3,(H2,17,18,19,20). The van der Waals surface area contributed by atoms with Crippen molar-refractivity contribution < 1.29 is 4.39 Å².